The maximum absolute atomic E-state index is 12.4. The van der Waals surface area contributed by atoms with Gasteiger partial charge >= 0.3 is 0 Å². The molecule has 0 unspecified atom stereocenters. The molecule has 7 nitrogen and oxygen atoms in total. The molecule has 0 fully saturated rings. The zero-order chi connectivity index (χ0) is 18.7. The Kier molecular flexibility index (Phi) is 5.04. The van der Waals surface area contributed by atoms with E-state index in [9.17, 15) is 9.59 Å². The lowest BCUT2D eigenvalue weighted by atomic mass is 10.2. The number of nitrogens with zero attached hydrogens (tertiary/aromatic N) is 2. The summed E-state index contributed by atoms with van der Waals surface area (Å²) in [5, 5.41) is 8.91. The first-order valence-corrected chi connectivity index (χ1v) is 8.72. The highest BCUT2D eigenvalue weighted by Gasteiger charge is 2.13. The van der Waals surface area contributed by atoms with Gasteiger partial charge in [-0.05, 0) is 42.1 Å². The number of methoxy groups -OCH3 is 1. The Morgan fingerprint density at radius 3 is 2.85 bits per heavy atom. The average molecular weight is 370 g/mol. The van der Waals surface area contributed by atoms with Crippen molar-refractivity contribution in [2.24, 2.45) is 0 Å². The lowest BCUT2D eigenvalue weighted by molar-refractivity contribution is -0.117. The molecule has 1 amide bonds. The van der Waals surface area contributed by atoms with Gasteiger partial charge in [0.15, 0.2) is 0 Å². The molecule has 0 aliphatic rings. The molecule has 0 saturated carbocycles. The molecule has 0 aliphatic heterocycles. The molecule has 2 aromatic heterocycles. The molecule has 0 atom stereocenters. The third-order valence-corrected chi connectivity index (χ3v) is 4.59. The molecule has 134 valence electrons. The minimum Gasteiger partial charge on any atom is -0.495 e. The van der Waals surface area contributed by atoms with Crippen molar-refractivity contribution < 1.29 is 9.53 Å². The fourth-order valence-corrected chi connectivity index (χ4v) is 3.14. The summed E-state index contributed by atoms with van der Waals surface area (Å²) in [5.41, 5.74) is 7.40. The van der Waals surface area contributed by atoms with Crippen LogP contribution in [0, 0.1) is 6.92 Å². The number of anilines is 2. The van der Waals surface area contributed by atoms with Crippen molar-refractivity contribution in [3.05, 3.63) is 57.7 Å². The van der Waals surface area contributed by atoms with Crippen LogP contribution in [0.4, 0.5) is 11.4 Å². The lowest BCUT2D eigenvalue weighted by Crippen LogP contribution is -2.31. The van der Waals surface area contributed by atoms with E-state index in [1.54, 1.807) is 12.1 Å². The number of carbonyl (C=O) groups is 1. The van der Waals surface area contributed by atoms with Crippen LogP contribution in [0.25, 0.3) is 10.6 Å². The van der Waals surface area contributed by atoms with Gasteiger partial charge in [0.25, 0.3) is 5.56 Å². The second-order valence-corrected chi connectivity index (χ2v) is 6.62. The minimum absolute atomic E-state index is 0.0457. The summed E-state index contributed by atoms with van der Waals surface area (Å²) in [5.74, 6) is 0.141. The number of nitrogen functional groups attached to an aromatic ring is 1. The first-order chi connectivity index (χ1) is 12.5. The van der Waals surface area contributed by atoms with Crippen molar-refractivity contribution in [1.29, 1.82) is 0 Å². The zero-order valence-corrected chi connectivity index (χ0v) is 15.2. The topological polar surface area (TPSA) is 99.2 Å². The van der Waals surface area contributed by atoms with E-state index in [4.69, 9.17) is 10.5 Å². The Balaban J connectivity index is 1.86. The predicted octanol–water partition coefficient (Wildman–Crippen LogP) is 2.51. The standard InChI is InChI=1S/C18H18N4O3S/c1-11-5-6-15(25-2)13(8-11)20-17(23)10-22-18(24)12(19)9-14(21-22)16-4-3-7-26-16/h3-9H,10,19H2,1-2H3,(H,20,23). The minimum atomic E-state index is -0.503. The van der Waals surface area contributed by atoms with Crippen molar-refractivity contribution in [2.75, 3.05) is 18.2 Å². The van der Waals surface area contributed by atoms with Crippen LogP contribution in [0.2, 0.25) is 0 Å². The summed E-state index contributed by atoms with van der Waals surface area (Å²) in [6.07, 6.45) is 0. The van der Waals surface area contributed by atoms with Gasteiger partial charge in [-0.2, -0.15) is 5.10 Å². The van der Waals surface area contributed by atoms with E-state index in [2.05, 4.69) is 10.4 Å². The van der Waals surface area contributed by atoms with Crippen LogP contribution >= 0.6 is 11.3 Å². The third kappa shape index (κ3) is 3.75. The molecule has 3 rings (SSSR count). The van der Waals surface area contributed by atoms with Crippen molar-refractivity contribution >= 4 is 28.6 Å². The van der Waals surface area contributed by atoms with E-state index in [1.807, 2.05) is 30.5 Å². The highest BCUT2D eigenvalue weighted by molar-refractivity contribution is 7.13. The van der Waals surface area contributed by atoms with Crippen LogP contribution in [0.1, 0.15) is 5.56 Å². The van der Waals surface area contributed by atoms with Gasteiger partial charge in [0.1, 0.15) is 23.7 Å². The largest absolute Gasteiger partial charge is 0.495 e. The van der Waals surface area contributed by atoms with Crippen LogP contribution in [0.15, 0.2) is 46.6 Å². The molecule has 1 aromatic carbocycles. The van der Waals surface area contributed by atoms with Gasteiger partial charge in [0.2, 0.25) is 5.91 Å². The van der Waals surface area contributed by atoms with Gasteiger partial charge < -0.3 is 15.8 Å². The summed E-state index contributed by atoms with van der Waals surface area (Å²) in [4.78, 5) is 25.5. The van der Waals surface area contributed by atoms with E-state index in [0.717, 1.165) is 15.1 Å². The van der Waals surface area contributed by atoms with Crippen LogP contribution in [0.3, 0.4) is 0 Å². The number of hydrogen-bond acceptors (Lipinski definition) is 6. The van der Waals surface area contributed by atoms with E-state index in [0.29, 0.717) is 17.1 Å². The summed E-state index contributed by atoms with van der Waals surface area (Å²) < 4.78 is 6.32. The van der Waals surface area contributed by atoms with Gasteiger partial charge in [0, 0.05) is 0 Å². The van der Waals surface area contributed by atoms with Crippen molar-refractivity contribution in [3.63, 3.8) is 0 Å². The molecule has 8 heteroatoms. The van der Waals surface area contributed by atoms with Crippen LogP contribution < -0.4 is 21.3 Å². The molecule has 0 saturated heterocycles. The molecule has 0 aliphatic carbocycles. The van der Waals surface area contributed by atoms with Gasteiger partial charge in [-0.3, -0.25) is 9.59 Å². The molecular weight excluding hydrogens is 352 g/mol. The Labute approximate surface area is 154 Å². The van der Waals surface area contributed by atoms with Gasteiger partial charge in [-0.25, -0.2) is 4.68 Å². The number of rotatable bonds is 5. The number of ether oxygens (including phenoxy) is 1. The first-order valence-electron chi connectivity index (χ1n) is 7.84. The Bertz CT molecular complexity index is 996. The summed E-state index contributed by atoms with van der Waals surface area (Å²) in [7, 11) is 1.53. The molecule has 3 N–H and O–H groups in total. The van der Waals surface area contributed by atoms with Gasteiger partial charge in [-0.1, -0.05) is 12.1 Å². The maximum atomic E-state index is 12.4. The number of nitrogens with one attached hydrogen (secondary N) is 1. The fraction of sp³-hybridized carbons (Fsp3) is 0.167. The number of amides is 1. The van der Waals surface area contributed by atoms with E-state index >= 15 is 0 Å². The van der Waals surface area contributed by atoms with Crippen molar-refractivity contribution in [2.45, 2.75) is 13.5 Å². The fourth-order valence-electron chi connectivity index (χ4n) is 2.46. The number of thiophene rings is 1. The third-order valence-electron chi connectivity index (χ3n) is 3.70. The van der Waals surface area contributed by atoms with E-state index in [1.165, 1.54) is 24.5 Å². The normalized spacial score (nSPS) is 10.5. The molecule has 26 heavy (non-hydrogen) atoms. The zero-order valence-electron chi connectivity index (χ0n) is 14.4. The SMILES string of the molecule is COc1ccc(C)cc1NC(=O)Cn1nc(-c2cccs2)cc(N)c1=O. The number of aromatic nitrogens is 2. The summed E-state index contributed by atoms with van der Waals surface area (Å²) in [6, 6.07) is 10.7. The summed E-state index contributed by atoms with van der Waals surface area (Å²) in [6.45, 7) is 1.66. The molecule has 2 heterocycles. The lowest BCUT2D eigenvalue weighted by Gasteiger charge is -2.12. The maximum Gasteiger partial charge on any atom is 0.290 e. The van der Waals surface area contributed by atoms with Crippen LogP contribution in [-0.2, 0) is 11.3 Å². The number of carbonyl (C=O) groups excluding carboxylic acids is 1. The second kappa shape index (κ2) is 7.40. The highest BCUT2D eigenvalue weighted by atomic mass is 32.1. The van der Waals surface area contributed by atoms with E-state index in [-0.39, 0.29) is 12.2 Å². The number of nitrogens with two attached hydrogens (primary N) is 1. The quantitative estimate of drug-likeness (QED) is 0.719. The number of benzene rings is 1. The van der Waals surface area contributed by atoms with Crippen LogP contribution in [0.5, 0.6) is 5.75 Å². The molecule has 0 spiro atoms. The molecule has 0 bridgehead atoms. The van der Waals surface area contributed by atoms with E-state index < -0.39 is 11.5 Å². The number of aryl methyl sites for hydroxylation is 1. The Morgan fingerprint density at radius 1 is 1.35 bits per heavy atom. The second-order valence-electron chi connectivity index (χ2n) is 5.68. The van der Waals surface area contributed by atoms with Gasteiger partial charge in [-0.15, -0.1) is 11.3 Å². The number of hydrogen-bond donors (Lipinski definition) is 2. The highest BCUT2D eigenvalue weighted by Crippen LogP contribution is 2.25. The predicted molar refractivity (Wildman–Crippen MR) is 103 cm³/mol. The molecule has 0 radical (unpaired) electrons. The first kappa shape index (κ1) is 17.7. The van der Waals surface area contributed by atoms with Crippen molar-refractivity contribution in [3.8, 4) is 16.3 Å². The smallest absolute Gasteiger partial charge is 0.290 e. The molecule has 3 aromatic rings. The van der Waals surface area contributed by atoms with Crippen LogP contribution in [-0.4, -0.2) is 22.8 Å². The van der Waals surface area contributed by atoms with Crippen molar-refractivity contribution in [1.82, 2.24) is 9.78 Å². The van der Waals surface area contributed by atoms with Gasteiger partial charge in [0.05, 0.1) is 17.7 Å². The average Bonchev–Trinajstić information content (AvgIpc) is 3.13. The Morgan fingerprint density at radius 2 is 2.15 bits per heavy atom. The molecular formula is C18H18N4O3S. The monoisotopic (exact) mass is 370 g/mol. The Hall–Kier alpha value is -3.13. The summed E-state index contributed by atoms with van der Waals surface area (Å²) >= 11 is 1.48.